The number of rotatable bonds is 10. The van der Waals surface area contributed by atoms with Gasteiger partial charge in [0, 0.05) is 22.5 Å². The van der Waals surface area contributed by atoms with Crippen molar-refractivity contribution in [3.05, 3.63) is 130 Å². The van der Waals surface area contributed by atoms with Crippen molar-refractivity contribution in [2.75, 3.05) is 23.8 Å². The fraction of sp³-hybridized carbons (Fsp3) is 0.333. The molecule has 4 aromatic rings. The number of benzene rings is 4. The van der Waals surface area contributed by atoms with Gasteiger partial charge in [0.25, 0.3) is 11.8 Å². The first-order valence-electron chi connectivity index (χ1n) is 17.1. The fourth-order valence-corrected chi connectivity index (χ4v) is 6.52. The van der Waals surface area contributed by atoms with Crippen molar-refractivity contribution in [2.45, 2.75) is 67.5 Å². The van der Waals surface area contributed by atoms with Crippen LogP contribution in [0.4, 0.5) is 11.4 Å². The number of aliphatic hydroxyl groups is 8. The van der Waals surface area contributed by atoms with Crippen LogP contribution in [0.25, 0.3) is 0 Å². The third-order valence-corrected chi connectivity index (χ3v) is 9.57. The molecule has 0 bridgehead atoms. The van der Waals surface area contributed by atoms with Crippen LogP contribution < -0.4 is 10.6 Å². The molecular formula is C39H42N2O12. The van der Waals surface area contributed by atoms with Gasteiger partial charge in [-0.25, -0.2) is 0 Å². The number of nitrogens with one attached hydrogen (secondary N) is 2. The van der Waals surface area contributed by atoms with Crippen molar-refractivity contribution >= 4 is 23.2 Å². The van der Waals surface area contributed by atoms with Gasteiger partial charge in [0.1, 0.15) is 61.0 Å². The van der Waals surface area contributed by atoms with Crippen molar-refractivity contribution < 1.29 is 59.9 Å². The molecule has 10 N–H and O–H groups in total. The highest BCUT2D eigenvalue weighted by atomic mass is 16.6. The maximum absolute atomic E-state index is 13.1. The van der Waals surface area contributed by atoms with Crippen LogP contribution >= 0.6 is 0 Å². The molecule has 280 valence electrons. The van der Waals surface area contributed by atoms with E-state index in [1.807, 2.05) is 24.3 Å². The molecule has 14 nitrogen and oxygen atoms in total. The molecule has 2 heterocycles. The second-order valence-corrected chi connectivity index (χ2v) is 13.2. The quantitative estimate of drug-likeness (QED) is 0.109. The Morgan fingerprint density at radius 2 is 0.887 bits per heavy atom. The molecule has 14 heteroatoms. The lowest BCUT2D eigenvalue weighted by Crippen LogP contribution is -2.55. The predicted molar refractivity (Wildman–Crippen MR) is 190 cm³/mol. The van der Waals surface area contributed by atoms with Crippen LogP contribution in [0, 0.1) is 0 Å². The summed E-state index contributed by atoms with van der Waals surface area (Å²) < 4.78 is 11.2. The molecule has 2 saturated heterocycles. The Morgan fingerprint density at radius 3 is 1.25 bits per heavy atom. The zero-order valence-corrected chi connectivity index (χ0v) is 28.3. The Labute approximate surface area is 304 Å². The van der Waals surface area contributed by atoms with Gasteiger partial charge in [0.2, 0.25) is 0 Å². The van der Waals surface area contributed by atoms with Crippen LogP contribution in [0.3, 0.4) is 0 Å². The van der Waals surface area contributed by atoms with Crippen LogP contribution in [0.1, 0.15) is 55.2 Å². The van der Waals surface area contributed by atoms with Gasteiger partial charge < -0.3 is 61.0 Å². The highest BCUT2D eigenvalue weighted by Crippen LogP contribution is 2.34. The summed E-state index contributed by atoms with van der Waals surface area (Å²) in [5.74, 6) is -0.829. The van der Waals surface area contributed by atoms with E-state index in [0.717, 1.165) is 11.1 Å². The van der Waals surface area contributed by atoms with Crippen molar-refractivity contribution in [1.29, 1.82) is 0 Å². The van der Waals surface area contributed by atoms with Crippen molar-refractivity contribution in [3.8, 4) is 0 Å². The first-order chi connectivity index (χ1) is 25.5. The molecule has 0 aromatic heterocycles. The van der Waals surface area contributed by atoms with E-state index in [-0.39, 0.29) is 11.1 Å². The first kappa shape index (κ1) is 38.2. The summed E-state index contributed by atoms with van der Waals surface area (Å²) in [4.78, 5) is 26.2. The topological polar surface area (TPSA) is 238 Å². The molecule has 6 rings (SSSR count). The summed E-state index contributed by atoms with van der Waals surface area (Å²) in [6, 6.07) is 27.2. The summed E-state index contributed by atoms with van der Waals surface area (Å²) in [7, 11) is 0. The minimum Gasteiger partial charge on any atom is -0.394 e. The normalized spacial score (nSPS) is 28.6. The lowest BCUT2D eigenvalue weighted by atomic mass is 9.90. The van der Waals surface area contributed by atoms with Crippen LogP contribution in [0.5, 0.6) is 0 Å². The lowest BCUT2D eigenvalue weighted by Gasteiger charge is -2.40. The van der Waals surface area contributed by atoms with E-state index in [4.69, 9.17) is 9.47 Å². The molecule has 0 unspecified atom stereocenters. The Kier molecular flexibility index (Phi) is 12.0. The summed E-state index contributed by atoms with van der Waals surface area (Å²) in [6.07, 6.45) is -12.7. The van der Waals surface area contributed by atoms with E-state index in [1.54, 1.807) is 60.7 Å². The average molecular weight is 731 g/mol. The van der Waals surface area contributed by atoms with E-state index >= 15 is 0 Å². The SMILES string of the molecule is O=C(Nc1ccc(Cc2ccc(NC(=O)c3cccc([C@H]4O[C@H](CO)[C@@H](O)[C@H](O)[C@@H]4O)c3)cc2)cc1)c1cccc([C@H]2O[C@H](CO)[C@@H](O)[C@H](O)[C@@H]2O)c1. The van der Waals surface area contributed by atoms with Gasteiger partial charge in [0.05, 0.1) is 13.2 Å². The maximum atomic E-state index is 13.1. The van der Waals surface area contributed by atoms with Crippen molar-refractivity contribution in [3.63, 3.8) is 0 Å². The molecule has 0 spiro atoms. The van der Waals surface area contributed by atoms with E-state index in [1.165, 1.54) is 12.1 Å². The molecule has 0 saturated carbocycles. The number of hydrogen-bond acceptors (Lipinski definition) is 12. The minimum atomic E-state index is -1.53. The first-order valence-corrected chi connectivity index (χ1v) is 17.1. The third-order valence-electron chi connectivity index (χ3n) is 9.57. The highest BCUT2D eigenvalue weighted by Gasteiger charge is 2.45. The van der Waals surface area contributed by atoms with Crippen LogP contribution in [-0.4, -0.2) is 115 Å². The monoisotopic (exact) mass is 730 g/mol. The largest absolute Gasteiger partial charge is 0.394 e. The van der Waals surface area contributed by atoms with E-state index in [9.17, 15) is 50.4 Å². The smallest absolute Gasteiger partial charge is 0.255 e. The van der Waals surface area contributed by atoms with E-state index in [0.29, 0.717) is 28.9 Å². The van der Waals surface area contributed by atoms with Gasteiger partial charge in [-0.1, -0.05) is 48.5 Å². The zero-order chi connectivity index (χ0) is 37.8. The molecule has 2 aliphatic rings. The molecular weight excluding hydrogens is 688 g/mol. The summed E-state index contributed by atoms with van der Waals surface area (Å²) in [5, 5.41) is 86.1. The standard InChI is InChI=1S/C39H42N2O12/c42-18-28-30(44)32(46)34(48)36(52-28)22-3-1-5-24(16-22)38(50)40-26-11-7-20(8-12-26)15-21-9-13-27(14-10-21)41-39(51)25-6-2-4-23(17-25)37-35(49)33(47)31(45)29(19-43)53-37/h1-14,16-17,28-37,42-49H,15,18-19H2,(H,40,50)(H,41,51)/t28-,29-,30-,31-,32+,33+,34+,35+,36-,37-/m1/s1. The Bertz CT molecular complexity index is 1730. The molecule has 2 aliphatic heterocycles. The Morgan fingerprint density at radius 1 is 0.509 bits per heavy atom. The lowest BCUT2D eigenvalue weighted by molar-refractivity contribution is -0.231. The molecule has 4 aromatic carbocycles. The number of carbonyl (C=O) groups is 2. The van der Waals surface area contributed by atoms with Crippen LogP contribution in [0.2, 0.25) is 0 Å². The second kappa shape index (κ2) is 16.6. The number of ether oxygens (including phenoxy) is 2. The summed E-state index contributed by atoms with van der Waals surface area (Å²) >= 11 is 0. The van der Waals surface area contributed by atoms with E-state index < -0.39 is 86.1 Å². The zero-order valence-electron chi connectivity index (χ0n) is 28.3. The highest BCUT2D eigenvalue weighted by molar-refractivity contribution is 6.05. The number of aliphatic hydroxyl groups excluding tert-OH is 8. The average Bonchev–Trinajstić information content (AvgIpc) is 3.18. The summed E-state index contributed by atoms with van der Waals surface area (Å²) in [6.45, 7) is -1.11. The second-order valence-electron chi connectivity index (χ2n) is 13.2. The van der Waals surface area contributed by atoms with Gasteiger partial charge in [-0.3, -0.25) is 9.59 Å². The molecule has 2 fully saturated rings. The summed E-state index contributed by atoms with van der Waals surface area (Å²) in [5.41, 5.74) is 4.38. The van der Waals surface area contributed by atoms with Gasteiger partial charge >= 0.3 is 0 Å². The van der Waals surface area contributed by atoms with Crippen molar-refractivity contribution in [1.82, 2.24) is 0 Å². The third kappa shape index (κ3) is 8.48. The molecule has 10 atom stereocenters. The van der Waals surface area contributed by atoms with Gasteiger partial charge in [-0.2, -0.15) is 0 Å². The van der Waals surface area contributed by atoms with Gasteiger partial charge in [-0.15, -0.1) is 0 Å². The molecule has 0 aliphatic carbocycles. The predicted octanol–water partition coefficient (Wildman–Crippen LogP) is 0.812. The van der Waals surface area contributed by atoms with Crippen LogP contribution in [-0.2, 0) is 15.9 Å². The van der Waals surface area contributed by atoms with Crippen molar-refractivity contribution in [2.24, 2.45) is 0 Å². The number of amides is 2. The number of anilines is 2. The van der Waals surface area contributed by atoms with Gasteiger partial charge in [-0.05, 0) is 77.2 Å². The molecule has 2 amide bonds. The van der Waals surface area contributed by atoms with E-state index in [2.05, 4.69) is 10.6 Å². The number of hydrogen-bond donors (Lipinski definition) is 10. The minimum absolute atomic E-state index is 0.275. The molecule has 0 radical (unpaired) electrons. The number of carbonyl (C=O) groups excluding carboxylic acids is 2. The molecule has 53 heavy (non-hydrogen) atoms. The fourth-order valence-electron chi connectivity index (χ4n) is 6.52. The van der Waals surface area contributed by atoms with Gasteiger partial charge in [0.15, 0.2) is 0 Å². The van der Waals surface area contributed by atoms with Crippen LogP contribution in [0.15, 0.2) is 97.1 Å². The Balaban J connectivity index is 1.03. The Hall–Kier alpha value is -4.58. The maximum Gasteiger partial charge on any atom is 0.255 e.